The molecule has 0 fully saturated rings. The lowest BCUT2D eigenvalue weighted by Gasteiger charge is -2.07. The summed E-state index contributed by atoms with van der Waals surface area (Å²) >= 11 is 0. The number of hydrogen-bond acceptors (Lipinski definition) is 1. The SMILES string of the molecule is Cc1ccc(NC(=O)Cc2ccc3c(c2)CCC3)cc1. The molecule has 0 atom stereocenters. The van der Waals surface area contributed by atoms with Gasteiger partial charge < -0.3 is 5.32 Å². The summed E-state index contributed by atoms with van der Waals surface area (Å²) < 4.78 is 0. The molecule has 2 aromatic carbocycles. The molecule has 1 aliphatic rings. The van der Waals surface area contributed by atoms with Gasteiger partial charge in [-0.05, 0) is 55.0 Å². The Balaban J connectivity index is 1.65. The highest BCUT2D eigenvalue weighted by Crippen LogP contribution is 2.23. The number of amides is 1. The standard InChI is InChI=1S/C18H19NO/c1-13-5-9-17(10-6-13)19-18(20)12-14-7-8-15-3-2-4-16(15)11-14/h5-11H,2-4,12H2,1H3,(H,19,20). The summed E-state index contributed by atoms with van der Waals surface area (Å²) in [6.45, 7) is 2.04. The van der Waals surface area contributed by atoms with E-state index in [2.05, 4.69) is 23.5 Å². The lowest BCUT2D eigenvalue weighted by atomic mass is 10.0. The molecule has 0 saturated heterocycles. The molecule has 0 heterocycles. The van der Waals surface area contributed by atoms with E-state index in [1.165, 1.54) is 29.5 Å². The van der Waals surface area contributed by atoms with Gasteiger partial charge in [0.25, 0.3) is 0 Å². The highest BCUT2D eigenvalue weighted by atomic mass is 16.1. The Morgan fingerprint density at radius 3 is 2.60 bits per heavy atom. The lowest BCUT2D eigenvalue weighted by Crippen LogP contribution is -2.14. The molecule has 0 bridgehead atoms. The first-order valence-electron chi connectivity index (χ1n) is 7.18. The Hall–Kier alpha value is -2.09. The van der Waals surface area contributed by atoms with Crippen LogP contribution in [0.2, 0.25) is 0 Å². The summed E-state index contributed by atoms with van der Waals surface area (Å²) in [5.41, 5.74) is 6.04. The van der Waals surface area contributed by atoms with Crippen molar-refractivity contribution in [2.24, 2.45) is 0 Å². The first-order chi connectivity index (χ1) is 9.70. The van der Waals surface area contributed by atoms with Gasteiger partial charge in [-0.2, -0.15) is 0 Å². The van der Waals surface area contributed by atoms with Gasteiger partial charge in [0.05, 0.1) is 6.42 Å². The third-order valence-electron chi connectivity index (χ3n) is 3.86. The zero-order chi connectivity index (χ0) is 13.9. The monoisotopic (exact) mass is 265 g/mol. The Labute approximate surface area is 119 Å². The number of hydrogen-bond donors (Lipinski definition) is 1. The third-order valence-corrected chi connectivity index (χ3v) is 3.86. The van der Waals surface area contributed by atoms with Gasteiger partial charge >= 0.3 is 0 Å². The van der Waals surface area contributed by atoms with Crippen LogP contribution in [0.25, 0.3) is 0 Å². The van der Waals surface area contributed by atoms with Crippen LogP contribution in [0.3, 0.4) is 0 Å². The highest BCUT2D eigenvalue weighted by Gasteiger charge is 2.12. The molecule has 2 nitrogen and oxygen atoms in total. The van der Waals surface area contributed by atoms with E-state index >= 15 is 0 Å². The number of carbonyl (C=O) groups is 1. The maximum Gasteiger partial charge on any atom is 0.228 e. The molecule has 0 unspecified atom stereocenters. The molecule has 102 valence electrons. The Kier molecular flexibility index (Phi) is 3.55. The van der Waals surface area contributed by atoms with Crippen LogP contribution >= 0.6 is 0 Å². The van der Waals surface area contributed by atoms with Crippen molar-refractivity contribution >= 4 is 11.6 Å². The van der Waals surface area contributed by atoms with Gasteiger partial charge in [-0.3, -0.25) is 4.79 Å². The van der Waals surface area contributed by atoms with Crippen molar-refractivity contribution in [1.29, 1.82) is 0 Å². The van der Waals surface area contributed by atoms with Gasteiger partial charge in [0.2, 0.25) is 5.91 Å². The zero-order valence-electron chi connectivity index (χ0n) is 11.8. The minimum atomic E-state index is 0.0480. The van der Waals surface area contributed by atoms with E-state index in [-0.39, 0.29) is 5.91 Å². The number of fused-ring (bicyclic) bond motifs is 1. The minimum absolute atomic E-state index is 0.0480. The molecule has 0 aliphatic heterocycles. The molecule has 0 radical (unpaired) electrons. The molecule has 2 heteroatoms. The largest absolute Gasteiger partial charge is 0.326 e. The fourth-order valence-corrected chi connectivity index (χ4v) is 2.76. The average molecular weight is 265 g/mol. The molecule has 1 amide bonds. The second-order valence-electron chi connectivity index (χ2n) is 5.55. The van der Waals surface area contributed by atoms with Crippen LogP contribution in [0.5, 0.6) is 0 Å². The first kappa shape index (κ1) is 12.9. The van der Waals surface area contributed by atoms with E-state index in [4.69, 9.17) is 0 Å². The van der Waals surface area contributed by atoms with Crippen LogP contribution < -0.4 is 5.32 Å². The lowest BCUT2D eigenvalue weighted by molar-refractivity contribution is -0.115. The second-order valence-corrected chi connectivity index (χ2v) is 5.55. The topological polar surface area (TPSA) is 29.1 Å². The molecule has 2 aromatic rings. The Morgan fingerprint density at radius 1 is 1.05 bits per heavy atom. The molecule has 3 rings (SSSR count). The number of aryl methyl sites for hydroxylation is 3. The van der Waals surface area contributed by atoms with Gasteiger partial charge in [-0.25, -0.2) is 0 Å². The van der Waals surface area contributed by atoms with Gasteiger partial charge in [-0.1, -0.05) is 35.9 Å². The fraction of sp³-hybridized carbons (Fsp3) is 0.278. The van der Waals surface area contributed by atoms with Crippen molar-refractivity contribution in [2.75, 3.05) is 5.32 Å². The van der Waals surface area contributed by atoms with E-state index in [1.807, 2.05) is 31.2 Å². The molecule has 0 aromatic heterocycles. The normalized spacial score (nSPS) is 13.1. The minimum Gasteiger partial charge on any atom is -0.326 e. The summed E-state index contributed by atoms with van der Waals surface area (Å²) in [6.07, 6.45) is 4.03. The van der Waals surface area contributed by atoms with Crippen molar-refractivity contribution in [2.45, 2.75) is 32.6 Å². The summed E-state index contributed by atoms with van der Waals surface area (Å²) in [6, 6.07) is 14.3. The van der Waals surface area contributed by atoms with Crippen LogP contribution in [0.1, 0.15) is 28.7 Å². The fourth-order valence-electron chi connectivity index (χ4n) is 2.76. The van der Waals surface area contributed by atoms with Crippen LogP contribution in [0.4, 0.5) is 5.69 Å². The van der Waals surface area contributed by atoms with Crippen molar-refractivity contribution < 1.29 is 4.79 Å². The number of rotatable bonds is 3. The molecular formula is C18H19NO. The van der Waals surface area contributed by atoms with Gasteiger partial charge in [0, 0.05) is 5.69 Å². The summed E-state index contributed by atoms with van der Waals surface area (Å²) in [5, 5.41) is 2.95. The summed E-state index contributed by atoms with van der Waals surface area (Å²) in [4.78, 5) is 12.1. The second kappa shape index (κ2) is 5.49. The molecule has 0 spiro atoms. The molecule has 20 heavy (non-hydrogen) atoms. The van der Waals surface area contributed by atoms with E-state index in [0.29, 0.717) is 6.42 Å². The van der Waals surface area contributed by atoms with Crippen molar-refractivity contribution in [3.8, 4) is 0 Å². The first-order valence-corrected chi connectivity index (χ1v) is 7.18. The molecule has 1 N–H and O–H groups in total. The van der Waals surface area contributed by atoms with E-state index in [0.717, 1.165) is 17.7 Å². The van der Waals surface area contributed by atoms with Crippen molar-refractivity contribution in [3.63, 3.8) is 0 Å². The Morgan fingerprint density at radius 2 is 1.80 bits per heavy atom. The van der Waals surface area contributed by atoms with E-state index in [1.54, 1.807) is 0 Å². The summed E-state index contributed by atoms with van der Waals surface area (Å²) in [7, 11) is 0. The maximum atomic E-state index is 12.1. The summed E-state index contributed by atoms with van der Waals surface area (Å²) in [5.74, 6) is 0.0480. The van der Waals surface area contributed by atoms with Gasteiger partial charge in [-0.15, -0.1) is 0 Å². The number of anilines is 1. The van der Waals surface area contributed by atoms with E-state index < -0.39 is 0 Å². The number of benzene rings is 2. The predicted octanol–water partition coefficient (Wildman–Crippen LogP) is 3.66. The van der Waals surface area contributed by atoms with Crippen molar-refractivity contribution in [3.05, 3.63) is 64.7 Å². The average Bonchev–Trinajstić information content (AvgIpc) is 2.89. The van der Waals surface area contributed by atoms with Crippen LogP contribution in [0.15, 0.2) is 42.5 Å². The number of carbonyl (C=O) groups excluding carboxylic acids is 1. The molecular weight excluding hydrogens is 246 g/mol. The number of nitrogens with one attached hydrogen (secondary N) is 1. The van der Waals surface area contributed by atoms with E-state index in [9.17, 15) is 4.79 Å². The predicted molar refractivity (Wildman–Crippen MR) is 82.0 cm³/mol. The highest BCUT2D eigenvalue weighted by molar-refractivity contribution is 5.92. The Bertz CT molecular complexity index is 628. The molecule has 0 saturated carbocycles. The molecule has 1 aliphatic carbocycles. The van der Waals surface area contributed by atoms with Crippen LogP contribution in [-0.4, -0.2) is 5.91 Å². The third kappa shape index (κ3) is 2.90. The quantitative estimate of drug-likeness (QED) is 0.901. The smallest absolute Gasteiger partial charge is 0.228 e. The van der Waals surface area contributed by atoms with Gasteiger partial charge in [0.15, 0.2) is 0 Å². The zero-order valence-corrected chi connectivity index (χ0v) is 11.8. The van der Waals surface area contributed by atoms with Crippen LogP contribution in [0, 0.1) is 6.92 Å². The maximum absolute atomic E-state index is 12.1. The van der Waals surface area contributed by atoms with Crippen molar-refractivity contribution in [1.82, 2.24) is 0 Å². The van der Waals surface area contributed by atoms with Crippen LogP contribution in [-0.2, 0) is 24.1 Å². The van der Waals surface area contributed by atoms with Gasteiger partial charge in [0.1, 0.15) is 0 Å².